The van der Waals surface area contributed by atoms with Crippen molar-refractivity contribution in [3.05, 3.63) is 71.9 Å². The van der Waals surface area contributed by atoms with E-state index in [2.05, 4.69) is 47.5 Å². The zero-order chi connectivity index (χ0) is 55.2. The van der Waals surface area contributed by atoms with Crippen LogP contribution in [0, 0.1) is 11.8 Å². The third-order valence-corrected chi connectivity index (χ3v) is 12.5. The molecule has 0 spiro atoms. The minimum absolute atomic E-state index is 0.00568. The van der Waals surface area contributed by atoms with Gasteiger partial charge in [-0.15, -0.1) is 0 Å². The van der Waals surface area contributed by atoms with Gasteiger partial charge in [-0.3, -0.25) is 47.9 Å². The molecule has 0 aliphatic rings. The monoisotopic (exact) mass is 1050 g/mol. The van der Waals surface area contributed by atoms with E-state index < -0.39 is 126 Å². The molecule has 0 aliphatic heterocycles. The van der Waals surface area contributed by atoms with Crippen molar-refractivity contribution in [3.63, 3.8) is 0 Å². The highest BCUT2D eigenvalue weighted by atomic mass is 32.2. The Bertz CT molecular complexity index is 2420. The Morgan fingerprint density at radius 2 is 1.19 bits per heavy atom. The first kappa shape index (κ1) is 61.3. The van der Waals surface area contributed by atoms with E-state index in [-0.39, 0.29) is 44.4 Å². The van der Waals surface area contributed by atoms with Crippen LogP contribution in [0.2, 0.25) is 0 Å². The highest BCUT2D eigenvalue weighted by Crippen LogP contribution is 2.20. The van der Waals surface area contributed by atoms with Gasteiger partial charge in [-0.2, -0.15) is 11.8 Å². The molecule has 2 aromatic carbocycles. The predicted molar refractivity (Wildman–Crippen MR) is 279 cm³/mol. The number of aliphatic hydroxyl groups is 1. The fourth-order valence-electron chi connectivity index (χ4n) is 7.59. The van der Waals surface area contributed by atoms with Crippen molar-refractivity contribution in [1.29, 1.82) is 0 Å². The highest BCUT2D eigenvalue weighted by Gasteiger charge is 2.34. The number of amides is 10. The first-order valence-corrected chi connectivity index (χ1v) is 25.8. The average Bonchev–Trinajstić information content (AvgIpc) is 3.75. The van der Waals surface area contributed by atoms with E-state index in [1.54, 1.807) is 68.6 Å². The summed E-state index contributed by atoms with van der Waals surface area (Å²) in [7, 11) is 0. The number of para-hydroxylation sites is 1. The quantitative estimate of drug-likeness (QED) is 0.0346. The molecule has 9 atom stereocenters. The number of carbonyl (C=O) groups excluding carboxylic acids is 10. The van der Waals surface area contributed by atoms with E-state index in [1.165, 1.54) is 25.6 Å². The van der Waals surface area contributed by atoms with Gasteiger partial charge in [0.05, 0.1) is 12.6 Å². The summed E-state index contributed by atoms with van der Waals surface area (Å²) in [5, 5.41) is 31.3. The van der Waals surface area contributed by atoms with Crippen molar-refractivity contribution in [1.82, 2.24) is 47.5 Å². The van der Waals surface area contributed by atoms with Gasteiger partial charge in [0.25, 0.3) is 0 Å². The van der Waals surface area contributed by atoms with E-state index in [9.17, 15) is 53.1 Å². The molecule has 74 heavy (non-hydrogen) atoms. The SMILES string of the molecule is CSCC[C@H](NC(=O)[C@H](CC(C)C)NC(=O)[C@@H](Cc1ccccc1)NC(=O)CNC(=O)[C@@H](NC(=O)[C@H](C)NC(=O)[C@H](Cc1c[nH]c2ccccc12)NC(=O)[C@H](CCC(N)=O)NC(=O)[C@@H](N)[C@@H](C)O)C(C)C)C(N)=O. The van der Waals surface area contributed by atoms with Crippen molar-refractivity contribution in [2.24, 2.45) is 29.0 Å². The first-order chi connectivity index (χ1) is 34.9. The third-order valence-electron chi connectivity index (χ3n) is 11.8. The van der Waals surface area contributed by atoms with E-state index in [0.29, 0.717) is 16.9 Å². The number of fused-ring (bicyclic) bond motifs is 1. The van der Waals surface area contributed by atoms with Crippen LogP contribution in [0.25, 0.3) is 10.9 Å². The van der Waals surface area contributed by atoms with Gasteiger partial charge in [0, 0.05) is 36.4 Å². The van der Waals surface area contributed by atoms with Crippen molar-refractivity contribution in [2.75, 3.05) is 18.6 Å². The summed E-state index contributed by atoms with van der Waals surface area (Å²) in [5.74, 6) is -7.86. The van der Waals surface area contributed by atoms with Crippen molar-refractivity contribution in [3.8, 4) is 0 Å². The van der Waals surface area contributed by atoms with Gasteiger partial charge in [0.1, 0.15) is 48.3 Å². The van der Waals surface area contributed by atoms with Crippen molar-refractivity contribution in [2.45, 2.75) is 135 Å². The van der Waals surface area contributed by atoms with Crippen LogP contribution in [0.1, 0.15) is 78.4 Å². The van der Waals surface area contributed by atoms with Crippen molar-refractivity contribution < 1.29 is 53.1 Å². The number of aromatic nitrogens is 1. The van der Waals surface area contributed by atoms with E-state index in [4.69, 9.17) is 17.2 Å². The van der Waals surface area contributed by atoms with Gasteiger partial charge in [-0.05, 0) is 74.1 Å². The fourth-order valence-corrected chi connectivity index (χ4v) is 8.06. The molecule has 0 fully saturated rings. The molecular formula is C50H74N12O11S. The topological polar surface area (TPSA) is 381 Å². The molecule has 0 saturated heterocycles. The lowest BCUT2D eigenvalue weighted by molar-refractivity contribution is -0.135. The maximum atomic E-state index is 14.1. The first-order valence-electron chi connectivity index (χ1n) is 24.4. The standard InChI is InChI=1S/C50H74N12O11S/c1-26(2)21-36(47(70)58-34(43(53)66)19-20-74-7)60-48(71)37(22-30-13-9-8-10-14-30)57-40(65)25-55-50(73)42(27(3)4)62-44(67)28(5)56-46(69)38(23-31-24-54-33-16-12-11-15-32(31)33)61-45(68)35(17-18-39(51)64)59-49(72)41(52)29(6)63/h8-16,24,26-29,34-38,41-42,54,63H,17-23,25,52H2,1-7H3,(H2,51,64)(H2,53,66)(H,55,73)(H,56,69)(H,57,65)(H,58,70)(H,59,72)(H,60,71)(H,61,68)(H,62,67)/t28-,29+,34-,35-,36-,37+,38-,41-,42-/m0/s1. The molecule has 0 radical (unpaired) electrons. The zero-order valence-electron chi connectivity index (χ0n) is 43.0. The van der Waals surface area contributed by atoms with Crippen LogP contribution in [0.5, 0.6) is 0 Å². The Hall–Kier alpha value is -7.05. The Morgan fingerprint density at radius 3 is 1.80 bits per heavy atom. The van der Waals surface area contributed by atoms with Gasteiger partial charge in [0.2, 0.25) is 59.1 Å². The number of hydrogen-bond donors (Lipinski definition) is 13. The Balaban J connectivity index is 1.76. The number of aliphatic hydroxyl groups excluding tert-OH is 1. The van der Waals surface area contributed by atoms with Crippen LogP contribution < -0.4 is 59.7 Å². The maximum Gasteiger partial charge on any atom is 0.243 e. The molecule has 1 aromatic heterocycles. The van der Waals surface area contributed by atoms with Gasteiger partial charge >= 0.3 is 0 Å². The van der Waals surface area contributed by atoms with E-state index in [0.717, 1.165) is 10.9 Å². The number of thioether (sulfide) groups is 1. The lowest BCUT2D eigenvalue weighted by Gasteiger charge is -2.27. The molecule has 406 valence electrons. The Kier molecular flexibility index (Phi) is 25.0. The molecule has 3 rings (SSSR count). The average molecular weight is 1050 g/mol. The predicted octanol–water partition coefficient (Wildman–Crippen LogP) is -1.60. The Morgan fingerprint density at radius 1 is 0.622 bits per heavy atom. The molecule has 0 aliphatic carbocycles. The smallest absolute Gasteiger partial charge is 0.243 e. The Labute approximate surface area is 434 Å². The van der Waals surface area contributed by atoms with Crippen LogP contribution in [0.15, 0.2) is 60.8 Å². The van der Waals surface area contributed by atoms with Gasteiger partial charge in [-0.25, -0.2) is 0 Å². The number of primary amides is 2. The largest absolute Gasteiger partial charge is 0.391 e. The molecule has 16 N–H and O–H groups in total. The molecule has 1 heterocycles. The number of aromatic amines is 1. The summed E-state index contributed by atoms with van der Waals surface area (Å²) in [4.78, 5) is 136. The van der Waals surface area contributed by atoms with E-state index in [1.807, 2.05) is 26.2 Å². The number of benzene rings is 2. The number of nitrogens with one attached hydrogen (secondary N) is 9. The summed E-state index contributed by atoms with van der Waals surface area (Å²) < 4.78 is 0. The van der Waals surface area contributed by atoms with Gasteiger partial charge < -0.3 is 69.8 Å². The van der Waals surface area contributed by atoms with Crippen molar-refractivity contribution >= 4 is 81.7 Å². The lowest BCUT2D eigenvalue weighted by Crippen LogP contribution is -2.60. The van der Waals surface area contributed by atoms with Crippen LogP contribution in [-0.2, 0) is 60.8 Å². The zero-order valence-corrected chi connectivity index (χ0v) is 43.8. The van der Waals surface area contributed by atoms with Crippen LogP contribution in [0.4, 0.5) is 0 Å². The highest BCUT2D eigenvalue weighted by molar-refractivity contribution is 7.98. The van der Waals surface area contributed by atoms with Gasteiger partial charge in [0.15, 0.2) is 0 Å². The summed E-state index contributed by atoms with van der Waals surface area (Å²) in [5.41, 5.74) is 18.7. The number of carbonyl (C=O) groups is 10. The summed E-state index contributed by atoms with van der Waals surface area (Å²) >= 11 is 1.47. The van der Waals surface area contributed by atoms with Crippen LogP contribution in [0.3, 0.4) is 0 Å². The maximum absolute atomic E-state index is 14.1. The number of hydrogen-bond acceptors (Lipinski definition) is 13. The third kappa shape index (κ3) is 20.1. The summed E-state index contributed by atoms with van der Waals surface area (Å²) in [6.07, 6.45) is 1.97. The normalized spacial score (nSPS) is 14.9. The number of rotatable bonds is 31. The second-order valence-corrected chi connectivity index (χ2v) is 19.9. The van der Waals surface area contributed by atoms with E-state index >= 15 is 0 Å². The van der Waals surface area contributed by atoms with Crippen LogP contribution in [-0.4, -0.2) is 142 Å². The molecule has 0 bridgehead atoms. The molecule has 10 amide bonds. The summed E-state index contributed by atoms with van der Waals surface area (Å²) in [6.45, 7) is 8.98. The fraction of sp³-hybridized carbons (Fsp3) is 0.520. The number of nitrogens with two attached hydrogens (primary N) is 3. The summed E-state index contributed by atoms with van der Waals surface area (Å²) in [6, 6.07) is 5.91. The number of H-pyrrole nitrogens is 1. The minimum atomic E-state index is -1.43. The molecular weight excluding hydrogens is 977 g/mol. The molecule has 3 aromatic rings. The molecule has 23 nitrogen and oxygen atoms in total. The minimum Gasteiger partial charge on any atom is -0.391 e. The lowest BCUT2D eigenvalue weighted by atomic mass is 10.0. The second-order valence-electron chi connectivity index (χ2n) is 18.9. The molecule has 24 heteroatoms. The van der Waals surface area contributed by atoms with Crippen LogP contribution >= 0.6 is 11.8 Å². The van der Waals surface area contributed by atoms with Gasteiger partial charge in [-0.1, -0.05) is 76.2 Å². The molecule has 0 unspecified atom stereocenters. The molecule has 0 saturated carbocycles. The second kappa shape index (κ2) is 30.2.